The molecule has 4 nitrogen and oxygen atoms in total. The van der Waals surface area contributed by atoms with E-state index in [1.807, 2.05) is 26.0 Å². The predicted molar refractivity (Wildman–Crippen MR) is 76.4 cm³/mol. The maximum Gasteiger partial charge on any atom is 0.231 e. The molecule has 0 heterocycles. The minimum Gasteiger partial charge on any atom is -0.496 e. The van der Waals surface area contributed by atoms with Crippen LogP contribution in [0.3, 0.4) is 0 Å². The van der Waals surface area contributed by atoms with E-state index in [1.165, 1.54) is 0 Å². The molecular formula is C15H22N2O2. The summed E-state index contributed by atoms with van der Waals surface area (Å²) in [5.74, 6) is 0.917. The number of carbonyl (C=O) groups excluding carboxylic acids is 1. The number of ether oxygens (including phenoxy) is 1. The zero-order valence-electron chi connectivity index (χ0n) is 11.9. The van der Waals surface area contributed by atoms with Crippen molar-refractivity contribution in [3.63, 3.8) is 0 Å². The highest BCUT2D eigenvalue weighted by Gasteiger charge is 2.42. The van der Waals surface area contributed by atoms with Crippen LogP contribution in [0, 0.1) is 19.3 Å². The molecule has 0 saturated heterocycles. The summed E-state index contributed by atoms with van der Waals surface area (Å²) >= 11 is 0. The van der Waals surface area contributed by atoms with Crippen molar-refractivity contribution < 1.29 is 9.53 Å². The van der Waals surface area contributed by atoms with Crippen LogP contribution in [-0.2, 0) is 4.79 Å². The topological polar surface area (TPSA) is 64.3 Å². The van der Waals surface area contributed by atoms with E-state index in [9.17, 15) is 4.79 Å². The molecule has 1 aliphatic carbocycles. The van der Waals surface area contributed by atoms with Crippen LogP contribution in [0.15, 0.2) is 12.1 Å². The van der Waals surface area contributed by atoms with Crippen LogP contribution in [0.2, 0.25) is 0 Å². The van der Waals surface area contributed by atoms with Gasteiger partial charge in [-0.2, -0.15) is 0 Å². The molecule has 0 aliphatic heterocycles. The molecule has 1 fully saturated rings. The average Bonchev–Trinajstić information content (AvgIpc) is 2.27. The third-order valence-electron chi connectivity index (χ3n) is 4.11. The molecule has 1 saturated carbocycles. The zero-order chi connectivity index (χ0) is 14.0. The average molecular weight is 262 g/mol. The van der Waals surface area contributed by atoms with E-state index in [0.717, 1.165) is 41.8 Å². The standard InChI is InChI=1S/C15H22N2O2/c1-10-7-12(8-11(2)13(10)19-3)17-14(18)15(9-16)5-4-6-15/h7-8H,4-6,9,16H2,1-3H3,(H,17,18). The Bertz CT molecular complexity index is 464. The lowest BCUT2D eigenvalue weighted by Crippen LogP contribution is -2.47. The molecule has 104 valence electrons. The van der Waals surface area contributed by atoms with E-state index in [0.29, 0.717) is 6.54 Å². The van der Waals surface area contributed by atoms with Gasteiger partial charge in [-0.3, -0.25) is 4.79 Å². The maximum absolute atomic E-state index is 12.3. The van der Waals surface area contributed by atoms with Gasteiger partial charge < -0.3 is 15.8 Å². The number of nitrogens with one attached hydrogen (secondary N) is 1. The van der Waals surface area contributed by atoms with Crippen molar-refractivity contribution in [2.45, 2.75) is 33.1 Å². The number of nitrogens with two attached hydrogens (primary N) is 1. The van der Waals surface area contributed by atoms with Gasteiger partial charge in [0.1, 0.15) is 5.75 Å². The first-order valence-electron chi connectivity index (χ1n) is 6.69. The monoisotopic (exact) mass is 262 g/mol. The van der Waals surface area contributed by atoms with E-state index in [2.05, 4.69) is 5.32 Å². The van der Waals surface area contributed by atoms with Crippen molar-refractivity contribution in [1.29, 1.82) is 0 Å². The lowest BCUT2D eigenvalue weighted by molar-refractivity contribution is -0.129. The number of amides is 1. The number of rotatable bonds is 4. The van der Waals surface area contributed by atoms with Crippen molar-refractivity contribution in [1.82, 2.24) is 0 Å². The van der Waals surface area contributed by atoms with Gasteiger partial charge in [-0.15, -0.1) is 0 Å². The molecule has 4 heteroatoms. The van der Waals surface area contributed by atoms with Gasteiger partial charge in [0.25, 0.3) is 0 Å². The molecule has 1 aliphatic rings. The number of carbonyl (C=O) groups is 1. The summed E-state index contributed by atoms with van der Waals surface area (Å²) in [6.45, 7) is 4.38. The fourth-order valence-electron chi connectivity index (χ4n) is 2.74. The van der Waals surface area contributed by atoms with Crippen molar-refractivity contribution in [2.24, 2.45) is 11.1 Å². The number of hydrogen-bond acceptors (Lipinski definition) is 3. The number of methoxy groups -OCH3 is 1. The van der Waals surface area contributed by atoms with E-state index < -0.39 is 0 Å². The van der Waals surface area contributed by atoms with Gasteiger partial charge >= 0.3 is 0 Å². The Balaban J connectivity index is 2.18. The molecule has 0 atom stereocenters. The molecular weight excluding hydrogens is 240 g/mol. The van der Waals surface area contributed by atoms with Crippen molar-refractivity contribution >= 4 is 11.6 Å². The van der Waals surface area contributed by atoms with Gasteiger partial charge in [-0.05, 0) is 49.9 Å². The van der Waals surface area contributed by atoms with Crippen LogP contribution in [-0.4, -0.2) is 19.6 Å². The Morgan fingerprint density at radius 2 is 1.95 bits per heavy atom. The van der Waals surface area contributed by atoms with Crippen LogP contribution >= 0.6 is 0 Å². The Morgan fingerprint density at radius 1 is 1.37 bits per heavy atom. The fourth-order valence-corrected chi connectivity index (χ4v) is 2.74. The van der Waals surface area contributed by atoms with Gasteiger partial charge in [0.05, 0.1) is 12.5 Å². The Labute approximate surface area is 114 Å². The second kappa shape index (κ2) is 5.21. The van der Waals surface area contributed by atoms with Gasteiger partial charge in [0.15, 0.2) is 0 Å². The van der Waals surface area contributed by atoms with E-state index in [4.69, 9.17) is 10.5 Å². The van der Waals surface area contributed by atoms with Crippen molar-refractivity contribution in [2.75, 3.05) is 19.0 Å². The van der Waals surface area contributed by atoms with E-state index in [1.54, 1.807) is 7.11 Å². The van der Waals surface area contributed by atoms with Crippen LogP contribution in [0.1, 0.15) is 30.4 Å². The summed E-state index contributed by atoms with van der Waals surface area (Å²) in [5.41, 5.74) is 8.27. The Kier molecular flexibility index (Phi) is 3.80. The molecule has 0 spiro atoms. The minimum absolute atomic E-state index is 0.0465. The quantitative estimate of drug-likeness (QED) is 0.875. The fraction of sp³-hybridized carbons (Fsp3) is 0.533. The minimum atomic E-state index is -0.345. The first-order valence-corrected chi connectivity index (χ1v) is 6.69. The summed E-state index contributed by atoms with van der Waals surface area (Å²) in [7, 11) is 1.66. The largest absolute Gasteiger partial charge is 0.496 e. The first kappa shape index (κ1) is 13.9. The summed E-state index contributed by atoms with van der Waals surface area (Å²) in [6, 6.07) is 3.87. The number of anilines is 1. The molecule has 0 aromatic heterocycles. The third kappa shape index (κ3) is 2.45. The molecule has 3 N–H and O–H groups in total. The first-order chi connectivity index (χ1) is 9.02. The third-order valence-corrected chi connectivity index (χ3v) is 4.11. The summed E-state index contributed by atoms with van der Waals surface area (Å²) in [6.07, 6.45) is 2.87. The molecule has 0 unspecified atom stereocenters. The molecule has 0 bridgehead atoms. The van der Waals surface area contributed by atoms with Crippen molar-refractivity contribution in [3.8, 4) is 5.75 Å². The number of hydrogen-bond donors (Lipinski definition) is 2. The van der Waals surface area contributed by atoms with Gasteiger partial charge in [0, 0.05) is 12.2 Å². The molecule has 1 amide bonds. The lowest BCUT2D eigenvalue weighted by atomic mass is 9.68. The summed E-state index contributed by atoms with van der Waals surface area (Å²) < 4.78 is 5.32. The predicted octanol–water partition coefficient (Wildman–Crippen LogP) is 2.38. The second-order valence-corrected chi connectivity index (χ2v) is 5.44. The highest BCUT2D eigenvalue weighted by atomic mass is 16.5. The van der Waals surface area contributed by atoms with Crippen LogP contribution in [0.5, 0.6) is 5.75 Å². The molecule has 2 rings (SSSR count). The lowest BCUT2D eigenvalue weighted by Gasteiger charge is -2.39. The molecule has 19 heavy (non-hydrogen) atoms. The Hall–Kier alpha value is -1.55. The summed E-state index contributed by atoms with van der Waals surface area (Å²) in [4.78, 5) is 12.3. The van der Waals surface area contributed by atoms with Crippen LogP contribution in [0.25, 0.3) is 0 Å². The number of benzene rings is 1. The number of aryl methyl sites for hydroxylation is 2. The highest BCUT2D eigenvalue weighted by Crippen LogP contribution is 2.41. The smallest absolute Gasteiger partial charge is 0.231 e. The van der Waals surface area contributed by atoms with Gasteiger partial charge in [0.2, 0.25) is 5.91 Å². The molecule has 1 aromatic carbocycles. The zero-order valence-corrected chi connectivity index (χ0v) is 11.9. The van der Waals surface area contributed by atoms with Gasteiger partial charge in [-0.1, -0.05) is 6.42 Å². The normalized spacial score (nSPS) is 16.6. The summed E-state index contributed by atoms with van der Waals surface area (Å²) in [5, 5.41) is 2.99. The molecule has 0 radical (unpaired) electrons. The van der Waals surface area contributed by atoms with E-state index >= 15 is 0 Å². The van der Waals surface area contributed by atoms with Crippen molar-refractivity contribution in [3.05, 3.63) is 23.3 Å². The molecule has 1 aromatic rings. The van der Waals surface area contributed by atoms with E-state index in [-0.39, 0.29) is 11.3 Å². The van der Waals surface area contributed by atoms with Gasteiger partial charge in [-0.25, -0.2) is 0 Å². The SMILES string of the molecule is COc1c(C)cc(NC(=O)C2(CN)CCC2)cc1C. The maximum atomic E-state index is 12.3. The van der Waals surface area contributed by atoms with Crippen LogP contribution in [0.4, 0.5) is 5.69 Å². The van der Waals surface area contributed by atoms with Crippen LogP contribution < -0.4 is 15.8 Å². The second-order valence-electron chi connectivity index (χ2n) is 5.44. The Morgan fingerprint density at radius 3 is 2.32 bits per heavy atom. The highest BCUT2D eigenvalue weighted by molar-refractivity contribution is 5.96.